The molecule has 2 aromatic rings. The number of benzene rings is 1. The van der Waals surface area contributed by atoms with Crippen molar-refractivity contribution in [3.8, 4) is 0 Å². The van der Waals surface area contributed by atoms with Crippen molar-refractivity contribution in [2.75, 3.05) is 0 Å². The molecule has 1 N–H and O–H groups in total. The lowest BCUT2D eigenvalue weighted by Crippen LogP contribution is -2.03. The van der Waals surface area contributed by atoms with Gasteiger partial charge in [0.25, 0.3) is 0 Å². The first-order chi connectivity index (χ1) is 8.20. The molecule has 0 spiro atoms. The largest absolute Gasteiger partial charge is 0.347 e. The summed E-state index contributed by atoms with van der Waals surface area (Å²) >= 11 is 5.28. The summed E-state index contributed by atoms with van der Waals surface area (Å²) in [4.78, 5) is 7.81. The normalized spacial score (nSPS) is 10.5. The highest BCUT2D eigenvalue weighted by Gasteiger charge is 2.04. The Bertz CT molecular complexity index is 558. The van der Waals surface area contributed by atoms with Crippen LogP contribution in [0.4, 0.5) is 0 Å². The second-order valence-electron chi connectivity index (χ2n) is 4.11. The van der Waals surface area contributed by atoms with Crippen LogP contribution in [0.5, 0.6) is 0 Å². The molecule has 0 amide bonds. The Morgan fingerprint density at radius 2 is 1.94 bits per heavy atom. The maximum atomic E-state index is 5.28. The van der Waals surface area contributed by atoms with Crippen LogP contribution in [-0.2, 0) is 12.8 Å². The second kappa shape index (κ2) is 5.23. The number of nitrogens with zero attached hydrogens (tertiary/aromatic N) is 1. The van der Waals surface area contributed by atoms with Crippen LogP contribution >= 0.6 is 12.2 Å². The van der Waals surface area contributed by atoms with E-state index in [1.165, 1.54) is 11.3 Å². The molecular weight excluding hydrogens is 228 g/mol. The maximum absolute atomic E-state index is 5.28. The molecule has 0 aliphatic heterocycles. The van der Waals surface area contributed by atoms with Crippen LogP contribution in [0.15, 0.2) is 30.3 Å². The predicted molar refractivity (Wildman–Crippen MR) is 72.8 cm³/mol. The molecule has 0 saturated heterocycles. The molecule has 88 valence electrons. The van der Waals surface area contributed by atoms with E-state index in [9.17, 15) is 0 Å². The minimum atomic E-state index is 0.714. The molecule has 2 rings (SSSR count). The zero-order chi connectivity index (χ0) is 12.3. The highest BCUT2D eigenvalue weighted by Crippen LogP contribution is 2.10. The molecule has 0 saturated carbocycles. The van der Waals surface area contributed by atoms with Gasteiger partial charge in [0.2, 0.25) is 0 Å². The van der Waals surface area contributed by atoms with E-state index in [2.05, 4.69) is 29.0 Å². The number of H-pyrrole nitrogens is 1. The Hall–Kier alpha value is -1.48. The molecule has 3 heteroatoms. The van der Waals surface area contributed by atoms with E-state index in [0.29, 0.717) is 4.64 Å². The van der Waals surface area contributed by atoms with Crippen molar-refractivity contribution in [1.29, 1.82) is 0 Å². The molecule has 1 aromatic carbocycles. The predicted octanol–water partition coefficient (Wildman–Crippen LogP) is 3.60. The van der Waals surface area contributed by atoms with E-state index in [4.69, 9.17) is 12.2 Å². The lowest BCUT2D eigenvalue weighted by atomic mass is 10.1. The van der Waals surface area contributed by atoms with E-state index in [0.717, 1.165) is 24.2 Å². The topological polar surface area (TPSA) is 28.7 Å². The summed E-state index contributed by atoms with van der Waals surface area (Å²) in [5.41, 5.74) is 3.53. The lowest BCUT2D eigenvalue weighted by molar-refractivity contribution is 0.881. The molecule has 17 heavy (non-hydrogen) atoms. The maximum Gasteiger partial charge on any atom is 0.132 e. The molecule has 0 aliphatic carbocycles. The van der Waals surface area contributed by atoms with Crippen LogP contribution in [0, 0.1) is 11.6 Å². The number of rotatable bonds is 3. The molecule has 0 atom stereocenters. The second-order valence-corrected chi connectivity index (χ2v) is 4.49. The van der Waals surface area contributed by atoms with Crippen molar-refractivity contribution >= 4 is 12.2 Å². The van der Waals surface area contributed by atoms with E-state index in [-0.39, 0.29) is 0 Å². The van der Waals surface area contributed by atoms with Gasteiger partial charge in [0.05, 0.1) is 0 Å². The van der Waals surface area contributed by atoms with Gasteiger partial charge >= 0.3 is 0 Å². The van der Waals surface area contributed by atoms with Crippen LogP contribution in [0.1, 0.15) is 29.6 Å². The summed E-state index contributed by atoms with van der Waals surface area (Å²) in [6.45, 7) is 4.15. The molecule has 2 nitrogen and oxygen atoms in total. The molecule has 1 heterocycles. The average Bonchev–Trinajstić information content (AvgIpc) is 2.35. The zero-order valence-electron chi connectivity index (χ0n) is 10.2. The zero-order valence-corrected chi connectivity index (χ0v) is 11.0. The Morgan fingerprint density at radius 3 is 2.59 bits per heavy atom. The van der Waals surface area contributed by atoms with Gasteiger partial charge in [-0.05, 0) is 18.9 Å². The summed E-state index contributed by atoms with van der Waals surface area (Å²) in [5.74, 6) is 0.948. The van der Waals surface area contributed by atoms with Crippen molar-refractivity contribution in [3.05, 3.63) is 57.6 Å². The average molecular weight is 244 g/mol. The Labute approximate surface area is 107 Å². The van der Waals surface area contributed by atoms with E-state index < -0.39 is 0 Å². The van der Waals surface area contributed by atoms with Gasteiger partial charge in [0, 0.05) is 17.7 Å². The van der Waals surface area contributed by atoms with E-state index in [1.807, 2.05) is 25.1 Å². The monoisotopic (exact) mass is 244 g/mol. The van der Waals surface area contributed by atoms with E-state index in [1.54, 1.807) is 0 Å². The van der Waals surface area contributed by atoms with Crippen LogP contribution in [0.2, 0.25) is 0 Å². The van der Waals surface area contributed by atoms with Gasteiger partial charge in [-0.25, -0.2) is 4.98 Å². The molecular formula is C14H16N2S. The Balaban J connectivity index is 2.34. The van der Waals surface area contributed by atoms with Gasteiger partial charge in [-0.2, -0.15) is 0 Å². The highest BCUT2D eigenvalue weighted by molar-refractivity contribution is 7.71. The number of aromatic nitrogens is 2. The minimum absolute atomic E-state index is 0.714. The summed E-state index contributed by atoms with van der Waals surface area (Å²) in [6.07, 6.45) is 1.76. The first-order valence-electron chi connectivity index (χ1n) is 5.83. The molecule has 0 aliphatic rings. The van der Waals surface area contributed by atoms with Gasteiger partial charge in [-0.15, -0.1) is 0 Å². The van der Waals surface area contributed by atoms with Crippen LogP contribution in [0.25, 0.3) is 0 Å². The molecule has 1 aromatic heterocycles. The van der Waals surface area contributed by atoms with Crippen LogP contribution in [0.3, 0.4) is 0 Å². The van der Waals surface area contributed by atoms with Gasteiger partial charge in [0.1, 0.15) is 10.5 Å². The molecule has 0 bridgehead atoms. The third-order valence-corrected chi connectivity index (χ3v) is 3.27. The smallest absolute Gasteiger partial charge is 0.132 e. The standard InChI is InChI=1S/C14H16N2S/c1-3-12-10(2)14(17)16-13(15-12)9-11-7-5-4-6-8-11/h4-8H,3,9H2,1-2H3,(H,15,16,17). The third-order valence-electron chi connectivity index (χ3n) is 2.87. The fraction of sp³-hybridized carbons (Fsp3) is 0.286. The van der Waals surface area contributed by atoms with Crippen molar-refractivity contribution in [2.45, 2.75) is 26.7 Å². The minimum Gasteiger partial charge on any atom is -0.347 e. The Kier molecular flexibility index (Phi) is 3.69. The summed E-state index contributed by atoms with van der Waals surface area (Å²) in [5, 5.41) is 0. The molecule has 0 fully saturated rings. The van der Waals surface area contributed by atoms with Crippen LogP contribution < -0.4 is 0 Å². The first-order valence-corrected chi connectivity index (χ1v) is 6.24. The van der Waals surface area contributed by atoms with Crippen LogP contribution in [-0.4, -0.2) is 9.97 Å². The summed E-state index contributed by atoms with van der Waals surface area (Å²) in [6, 6.07) is 10.3. The van der Waals surface area contributed by atoms with Crippen molar-refractivity contribution in [2.24, 2.45) is 0 Å². The number of hydrogen-bond acceptors (Lipinski definition) is 2. The number of aryl methyl sites for hydroxylation is 1. The lowest BCUT2D eigenvalue weighted by Gasteiger charge is -2.07. The van der Waals surface area contributed by atoms with Crippen molar-refractivity contribution in [3.63, 3.8) is 0 Å². The van der Waals surface area contributed by atoms with Crippen molar-refractivity contribution < 1.29 is 0 Å². The fourth-order valence-corrected chi connectivity index (χ4v) is 2.09. The summed E-state index contributed by atoms with van der Waals surface area (Å²) < 4.78 is 0.714. The van der Waals surface area contributed by atoms with Gasteiger partial charge in [-0.3, -0.25) is 0 Å². The Morgan fingerprint density at radius 1 is 1.24 bits per heavy atom. The van der Waals surface area contributed by atoms with Gasteiger partial charge < -0.3 is 4.98 Å². The first kappa shape index (κ1) is 12.0. The van der Waals surface area contributed by atoms with Gasteiger partial charge in [-0.1, -0.05) is 49.5 Å². The number of hydrogen-bond donors (Lipinski definition) is 1. The summed E-state index contributed by atoms with van der Waals surface area (Å²) in [7, 11) is 0. The third kappa shape index (κ3) is 2.80. The fourth-order valence-electron chi connectivity index (χ4n) is 1.86. The quantitative estimate of drug-likeness (QED) is 0.836. The number of nitrogens with one attached hydrogen (secondary N) is 1. The highest BCUT2D eigenvalue weighted by atomic mass is 32.1. The molecule has 0 unspecified atom stereocenters. The molecule has 0 radical (unpaired) electrons. The number of aromatic amines is 1. The van der Waals surface area contributed by atoms with Gasteiger partial charge in [0.15, 0.2) is 0 Å². The van der Waals surface area contributed by atoms with Crippen molar-refractivity contribution in [1.82, 2.24) is 9.97 Å². The van der Waals surface area contributed by atoms with E-state index >= 15 is 0 Å². The SMILES string of the molecule is CCc1[nH]c(Cc2ccccc2)nc(=S)c1C.